The number of Topliss-reactive ketones (excluding diaryl/α,β-unsaturated/α-hetero) is 1. The van der Waals surface area contributed by atoms with Gasteiger partial charge >= 0.3 is 0 Å². The van der Waals surface area contributed by atoms with Gasteiger partial charge in [-0.25, -0.2) is 9.97 Å². The zero-order valence-electron chi connectivity index (χ0n) is 7.64. The van der Waals surface area contributed by atoms with Crippen LogP contribution in [0.4, 0.5) is 5.95 Å². The summed E-state index contributed by atoms with van der Waals surface area (Å²) < 4.78 is 5.43. The highest BCUT2D eigenvalue weighted by Crippen LogP contribution is 2.24. The molecule has 0 spiro atoms. The van der Waals surface area contributed by atoms with Crippen molar-refractivity contribution in [3.05, 3.63) is 18.0 Å². The number of carbonyl (C=O) groups excluding carboxylic acids is 1. The Kier molecular flexibility index (Phi) is 2.41. The maximum absolute atomic E-state index is 11.2. The average molecular weight is 193 g/mol. The van der Waals surface area contributed by atoms with Crippen LogP contribution in [-0.2, 0) is 9.53 Å². The minimum absolute atomic E-state index is 0.197. The minimum Gasteiger partial charge on any atom is -0.372 e. The van der Waals surface area contributed by atoms with Crippen molar-refractivity contribution >= 4 is 11.7 Å². The van der Waals surface area contributed by atoms with Gasteiger partial charge in [-0.2, -0.15) is 0 Å². The molecule has 5 nitrogen and oxygen atoms in total. The number of nitrogens with two attached hydrogens (primary N) is 1. The molecule has 14 heavy (non-hydrogen) atoms. The van der Waals surface area contributed by atoms with E-state index in [4.69, 9.17) is 10.5 Å². The lowest BCUT2D eigenvalue weighted by molar-refractivity contribution is -0.128. The van der Waals surface area contributed by atoms with Gasteiger partial charge in [0.15, 0.2) is 0 Å². The van der Waals surface area contributed by atoms with Crippen LogP contribution in [0.25, 0.3) is 0 Å². The molecule has 1 unspecified atom stereocenters. The Balaban J connectivity index is 2.14. The lowest BCUT2D eigenvalue weighted by atomic mass is 10.0. The fourth-order valence-electron chi connectivity index (χ4n) is 1.41. The van der Waals surface area contributed by atoms with Crippen LogP contribution >= 0.6 is 0 Å². The number of nitrogens with zero attached hydrogens (tertiary/aromatic N) is 2. The summed E-state index contributed by atoms with van der Waals surface area (Å²) in [4.78, 5) is 18.9. The van der Waals surface area contributed by atoms with Gasteiger partial charge in [0, 0.05) is 30.8 Å². The summed E-state index contributed by atoms with van der Waals surface area (Å²) >= 11 is 0. The highest BCUT2D eigenvalue weighted by atomic mass is 16.5. The molecule has 2 heterocycles. The van der Waals surface area contributed by atoms with Crippen LogP contribution in [0.15, 0.2) is 12.4 Å². The normalized spacial score (nSPS) is 22.3. The SMILES string of the molecule is Nc1ncc(C2CC(=O)CCO2)cn1. The number of aromatic nitrogens is 2. The molecule has 2 rings (SSSR count). The van der Waals surface area contributed by atoms with E-state index in [0.29, 0.717) is 19.4 Å². The monoisotopic (exact) mass is 193 g/mol. The van der Waals surface area contributed by atoms with E-state index >= 15 is 0 Å². The summed E-state index contributed by atoms with van der Waals surface area (Å²) in [6.45, 7) is 0.480. The third-order valence-corrected chi connectivity index (χ3v) is 2.18. The van der Waals surface area contributed by atoms with Crippen LogP contribution in [0.2, 0.25) is 0 Å². The largest absolute Gasteiger partial charge is 0.372 e. The molecule has 1 atom stereocenters. The maximum atomic E-state index is 11.2. The summed E-state index contributed by atoms with van der Waals surface area (Å²) in [5, 5.41) is 0. The Morgan fingerprint density at radius 1 is 1.43 bits per heavy atom. The number of nitrogen functional groups attached to an aromatic ring is 1. The summed E-state index contributed by atoms with van der Waals surface area (Å²) in [6, 6.07) is 0. The third-order valence-electron chi connectivity index (χ3n) is 2.18. The molecule has 1 aromatic rings. The topological polar surface area (TPSA) is 78.1 Å². The van der Waals surface area contributed by atoms with Crippen LogP contribution in [0.3, 0.4) is 0 Å². The Morgan fingerprint density at radius 3 is 2.79 bits per heavy atom. The molecular weight excluding hydrogens is 182 g/mol. The molecule has 0 amide bonds. The summed E-state index contributed by atoms with van der Waals surface area (Å²) in [7, 11) is 0. The van der Waals surface area contributed by atoms with Crippen molar-refractivity contribution < 1.29 is 9.53 Å². The molecule has 1 fully saturated rings. The Hall–Kier alpha value is -1.49. The molecule has 1 saturated heterocycles. The number of hydrogen-bond donors (Lipinski definition) is 1. The molecule has 74 valence electrons. The summed E-state index contributed by atoms with van der Waals surface area (Å²) in [5.41, 5.74) is 6.17. The fourth-order valence-corrected chi connectivity index (χ4v) is 1.41. The number of anilines is 1. The van der Waals surface area contributed by atoms with Crippen molar-refractivity contribution in [3.8, 4) is 0 Å². The molecule has 1 aromatic heterocycles. The van der Waals surface area contributed by atoms with Crippen molar-refractivity contribution in [1.82, 2.24) is 9.97 Å². The van der Waals surface area contributed by atoms with Gasteiger partial charge in [-0.1, -0.05) is 0 Å². The van der Waals surface area contributed by atoms with E-state index < -0.39 is 0 Å². The van der Waals surface area contributed by atoms with Crippen LogP contribution in [0, 0.1) is 0 Å². The lowest BCUT2D eigenvalue weighted by Gasteiger charge is -2.21. The standard InChI is InChI=1S/C9H11N3O2/c10-9-11-4-6(5-12-9)8-3-7(13)1-2-14-8/h4-5,8H,1-3H2,(H2,10,11,12). The number of hydrogen-bond acceptors (Lipinski definition) is 5. The third kappa shape index (κ3) is 1.88. The van der Waals surface area contributed by atoms with Gasteiger partial charge in [0.05, 0.1) is 12.7 Å². The van der Waals surface area contributed by atoms with Crippen molar-refractivity contribution in [3.63, 3.8) is 0 Å². The van der Waals surface area contributed by atoms with Gasteiger partial charge in [0.1, 0.15) is 5.78 Å². The van der Waals surface area contributed by atoms with E-state index in [1.165, 1.54) is 0 Å². The van der Waals surface area contributed by atoms with Crippen LogP contribution in [-0.4, -0.2) is 22.4 Å². The van der Waals surface area contributed by atoms with E-state index in [1.54, 1.807) is 12.4 Å². The van der Waals surface area contributed by atoms with Crippen molar-refractivity contribution in [2.24, 2.45) is 0 Å². The van der Waals surface area contributed by atoms with Crippen LogP contribution < -0.4 is 5.73 Å². The molecule has 2 N–H and O–H groups in total. The molecule has 0 bridgehead atoms. The highest BCUT2D eigenvalue weighted by Gasteiger charge is 2.21. The van der Waals surface area contributed by atoms with E-state index in [-0.39, 0.29) is 17.8 Å². The maximum Gasteiger partial charge on any atom is 0.219 e. The number of rotatable bonds is 1. The smallest absolute Gasteiger partial charge is 0.219 e. The van der Waals surface area contributed by atoms with Gasteiger partial charge in [-0.15, -0.1) is 0 Å². The van der Waals surface area contributed by atoms with E-state index in [0.717, 1.165) is 5.56 Å². The Labute approximate surface area is 81.3 Å². The molecule has 0 aromatic carbocycles. The van der Waals surface area contributed by atoms with E-state index in [9.17, 15) is 4.79 Å². The first kappa shape index (κ1) is 9.08. The van der Waals surface area contributed by atoms with Crippen LogP contribution in [0.1, 0.15) is 24.5 Å². The highest BCUT2D eigenvalue weighted by molar-refractivity contribution is 5.79. The first-order valence-electron chi connectivity index (χ1n) is 4.46. The van der Waals surface area contributed by atoms with Gasteiger partial charge in [-0.05, 0) is 0 Å². The zero-order chi connectivity index (χ0) is 9.97. The predicted molar refractivity (Wildman–Crippen MR) is 49.4 cm³/mol. The van der Waals surface area contributed by atoms with E-state index in [1.807, 2.05) is 0 Å². The summed E-state index contributed by atoms with van der Waals surface area (Å²) in [6.07, 6.45) is 3.92. The minimum atomic E-state index is -0.197. The second kappa shape index (κ2) is 3.71. The lowest BCUT2D eigenvalue weighted by Crippen LogP contribution is -2.19. The molecule has 1 aliphatic rings. The zero-order valence-corrected chi connectivity index (χ0v) is 7.64. The van der Waals surface area contributed by atoms with Crippen molar-refractivity contribution in [1.29, 1.82) is 0 Å². The Bertz CT molecular complexity index is 336. The second-order valence-electron chi connectivity index (χ2n) is 3.23. The molecular formula is C9H11N3O2. The fraction of sp³-hybridized carbons (Fsp3) is 0.444. The van der Waals surface area contributed by atoms with Gasteiger partial charge in [0.25, 0.3) is 0 Å². The molecule has 0 aliphatic carbocycles. The molecule has 0 saturated carbocycles. The van der Waals surface area contributed by atoms with Gasteiger partial charge < -0.3 is 10.5 Å². The molecule has 0 radical (unpaired) electrons. The van der Waals surface area contributed by atoms with Gasteiger partial charge in [-0.3, -0.25) is 4.79 Å². The van der Waals surface area contributed by atoms with Crippen LogP contribution in [0.5, 0.6) is 0 Å². The van der Waals surface area contributed by atoms with E-state index in [2.05, 4.69) is 9.97 Å². The first-order valence-corrected chi connectivity index (χ1v) is 4.46. The predicted octanol–water partition coefficient (Wildman–Crippen LogP) is 0.479. The van der Waals surface area contributed by atoms with Gasteiger partial charge in [0.2, 0.25) is 5.95 Å². The number of ketones is 1. The number of carbonyl (C=O) groups is 1. The quantitative estimate of drug-likeness (QED) is 0.701. The Morgan fingerprint density at radius 2 is 2.14 bits per heavy atom. The second-order valence-corrected chi connectivity index (χ2v) is 3.23. The number of ether oxygens (including phenoxy) is 1. The summed E-state index contributed by atoms with van der Waals surface area (Å²) in [5.74, 6) is 0.453. The van der Waals surface area contributed by atoms with Crippen molar-refractivity contribution in [2.45, 2.75) is 18.9 Å². The van der Waals surface area contributed by atoms with Crippen molar-refractivity contribution in [2.75, 3.05) is 12.3 Å². The average Bonchev–Trinajstić information content (AvgIpc) is 2.19. The molecule has 5 heteroatoms. The first-order chi connectivity index (χ1) is 6.75. The molecule has 1 aliphatic heterocycles.